The molecule has 0 bridgehead atoms. The maximum absolute atomic E-state index is 12.0. The highest BCUT2D eigenvalue weighted by Crippen LogP contribution is 2.15. The van der Waals surface area contributed by atoms with E-state index in [0.29, 0.717) is 10.6 Å². The molecule has 1 atom stereocenters. The first-order chi connectivity index (χ1) is 11.6. The van der Waals surface area contributed by atoms with Gasteiger partial charge in [0.1, 0.15) is 0 Å². The van der Waals surface area contributed by atoms with Gasteiger partial charge < -0.3 is 4.74 Å². The van der Waals surface area contributed by atoms with Gasteiger partial charge in [0.15, 0.2) is 0 Å². The molecule has 0 aliphatic heterocycles. The summed E-state index contributed by atoms with van der Waals surface area (Å²) in [5.41, 5.74) is 0.564. The van der Waals surface area contributed by atoms with Gasteiger partial charge in [0.05, 0.1) is 11.7 Å². The highest BCUT2D eigenvalue weighted by atomic mass is 35.5. The molecule has 0 N–H and O–H groups in total. The summed E-state index contributed by atoms with van der Waals surface area (Å²) in [6, 6.07) is 6.84. The second-order valence-corrected chi connectivity index (χ2v) is 7.13. The number of esters is 1. The molecule has 0 saturated carbocycles. The summed E-state index contributed by atoms with van der Waals surface area (Å²) in [5.74, 6) is -0.258. The summed E-state index contributed by atoms with van der Waals surface area (Å²) in [6.07, 6.45) is 14.2. The third-order valence-electron chi connectivity index (χ3n) is 4.35. The Morgan fingerprint density at radius 1 is 0.917 bits per heavy atom. The zero-order chi connectivity index (χ0) is 17.6. The van der Waals surface area contributed by atoms with Gasteiger partial charge in [-0.15, -0.1) is 0 Å². The Balaban J connectivity index is 2.01. The molecule has 0 aromatic heterocycles. The van der Waals surface area contributed by atoms with E-state index in [4.69, 9.17) is 16.3 Å². The van der Waals surface area contributed by atoms with Gasteiger partial charge in [0, 0.05) is 5.02 Å². The number of carbonyl (C=O) groups is 1. The van der Waals surface area contributed by atoms with Crippen molar-refractivity contribution in [2.24, 2.45) is 0 Å². The van der Waals surface area contributed by atoms with E-state index in [-0.39, 0.29) is 12.1 Å². The quantitative estimate of drug-likeness (QED) is 0.277. The van der Waals surface area contributed by atoms with Crippen molar-refractivity contribution in [3.8, 4) is 0 Å². The Bertz CT molecular complexity index is 442. The van der Waals surface area contributed by atoms with Crippen LogP contribution in [0.25, 0.3) is 0 Å². The molecule has 0 spiro atoms. The van der Waals surface area contributed by atoms with Gasteiger partial charge >= 0.3 is 5.97 Å². The van der Waals surface area contributed by atoms with Crippen LogP contribution in [-0.2, 0) is 4.74 Å². The number of hydrogen-bond acceptors (Lipinski definition) is 2. The molecule has 0 heterocycles. The third-order valence-corrected chi connectivity index (χ3v) is 4.60. The predicted molar refractivity (Wildman–Crippen MR) is 103 cm³/mol. The van der Waals surface area contributed by atoms with Crippen LogP contribution in [0.5, 0.6) is 0 Å². The highest BCUT2D eigenvalue weighted by molar-refractivity contribution is 6.30. The summed E-state index contributed by atoms with van der Waals surface area (Å²) in [5, 5.41) is 0.630. The standard InChI is InChI=1S/C21H33ClO2/c1-3-4-5-6-7-8-9-10-11-12-13-18(2)24-21(23)19-14-16-20(22)17-15-19/h14-18H,3-13H2,1-2H3. The first-order valence-electron chi connectivity index (χ1n) is 9.60. The summed E-state index contributed by atoms with van der Waals surface area (Å²) in [6.45, 7) is 4.23. The molecule has 3 heteroatoms. The minimum absolute atomic E-state index is 0.0257. The average molecular weight is 353 g/mol. The number of carbonyl (C=O) groups excluding carboxylic acids is 1. The van der Waals surface area contributed by atoms with E-state index in [2.05, 4.69) is 6.92 Å². The van der Waals surface area contributed by atoms with Crippen molar-refractivity contribution in [1.82, 2.24) is 0 Å². The Morgan fingerprint density at radius 3 is 1.96 bits per heavy atom. The minimum atomic E-state index is -0.258. The molecule has 1 aromatic rings. The summed E-state index contributed by atoms with van der Waals surface area (Å²) in [4.78, 5) is 12.0. The minimum Gasteiger partial charge on any atom is -0.459 e. The summed E-state index contributed by atoms with van der Waals surface area (Å²) < 4.78 is 5.48. The number of ether oxygens (including phenoxy) is 1. The molecule has 0 amide bonds. The van der Waals surface area contributed by atoms with Crippen molar-refractivity contribution in [2.45, 2.75) is 90.6 Å². The lowest BCUT2D eigenvalue weighted by Crippen LogP contribution is -2.14. The molecule has 0 aliphatic carbocycles. The van der Waals surface area contributed by atoms with E-state index in [0.717, 1.165) is 12.8 Å². The van der Waals surface area contributed by atoms with Gasteiger partial charge in [-0.25, -0.2) is 4.79 Å². The molecule has 2 nitrogen and oxygen atoms in total. The zero-order valence-electron chi connectivity index (χ0n) is 15.4. The van der Waals surface area contributed by atoms with Crippen molar-refractivity contribution in [1.29, 1.82) is 0 Å². The molecule has 1 unspecified atom stereocenters. The van der Waals surface area contributed by atoms with Crippen LogP contribution in [0.4, 0.5) is 0 Å². The number of halogens is 1. The average Bonchev–Trinajstić information content (AvgIpc) is 2.57. The Morgan fingerprint density at radius 2 is 1.42 bits per heavy atom. The van der Waals surface area contributed by atoms with Crippen LogP contribution in [0.3, 0.4) is 0 Å². The Labute approximate surface area is 152 Å². The molecule has 0 radical (unpaired) electrons. The number of unbranched alkanes of at least 4 members (excludes halogenated alkanes) is 9. The van der Waals surface area contributed by atoms with Gasteiger partial charge in [-0.1, -0.05) is 76.3 Å². The predicted octanol–water partition coefficient (Wildman–Crippen LogP) is 7.20. The van der Waals surface area contributed by atoms with Gasteiger partial charge in [0.25, 0.3) is 0 Å². The topological polar surface area (TPSA) is 26.3 Å². The molecule has 1 aromatic carbocycles. The van der Waals surface area contributed by atoms with Crippen molar-refractivity contribution < 1.29 is 9.53 Å². The number of rotatable bonds is 13. The monoisotopic (exact) mass is 352 g/mol. The molecule has 1 rings (SSSR count). The smallest absolute Gasteiger partial charge is 0.338 e. The second kappa shape index (κ2) is 13.3. The van der Waals surface area contributed by atoms with Crippen molar-refractivity contribution in [3.05, 3.63) is 34.9 Å². The van der Waals surface area contributed by atoms with Crippen molar-refractivity contribution in [3.63, 3.8) is 0 Å². The fourth-order valence-corrected chi connectivity index (χ4v) is 2.94. The largest absolute Gasteiger partial charge is 0.459 e. The number of benzene rings is 1. The lowest BCUT2D eigenvalue weighted by atomic mass is 10.0. The molecule has 24 heavy (non-hydrogen) atoms. The van der Waals surface area contributed by atoms with Crippen molar-refractivity contribution >= 4 is 17.6 Å². The van der Waals surface area contributed by atoms with Crippen LogP contribution in [0.15, 0.2) is 24.3 Å². The maximum atomic E-state index is 12.0. The van der Waals surface area contributed by atoms with Crippen LogP contribution < -0.4 is 0 Å². The van der Waals surface area contributed by atoms with Gasteiger partial charge in [-0.2, -0.15) is 0 Å². The third kappa shape index (κ3) is 9.97. The summed E-state index contributed by atoms with van der Waals surface area (Å²) >= 11 is 5.82. The molecule has 136 valence electrons. The fourth-order valence-electron chi connectivity index (χ4n) is 2.81. The van der Waals surface area contributed by atoms with Crippen LogP contribution >= 0.6 is 11.6 Å². The van der Waals surface area contributed by atoms with Crippen LogP contribution in [-0.4, -0.2) is 12.1 Å². The summed E-state index contributed by atoms with van der Waals surface area (Å²) in [7, 11) is 0. The Hall–Kier alpha value is -1.02. The molecular formula is C21H33ClO2. The van der Waals surface area contributed by atoms with Gasteiger partial charge in [-0.05, 0) is 44.0 Å². The number of hydrogen-bond donors (Lipinski definition) is 0. The molecular weight excluding hydrogens is 320 g/mol. The molecule has 0 aliphatic rings. The SMILES string of the molecule is CCCCCCCCCCCCC(C)OC(=O)c1ccc(Cl)cc1. The van der Waals surface area contributed by atoms with Gasteiger partial charge in [-0.3, -0.25) is 0 Å². The van der Waals surface area contributed by atoms with E-state index in [9.17, 15) is 4.79 Å². The van der Waals surface area contributed by atoms with E-state index in [1.807, 2.05) is 6.92 Å². The first kappa shape index (κ1) is 21.0. The van der Waals surface area contributed by atoms with E-state index >= 15 is 0 Å². The van der Waals surface area contributed by atoms with Gasteiger partial charge in [0.2, 0.25) is 0 Å². The fraction of sp³-hybridized carbons (Fsp3) is 0.667. The van der Waals surface area contributed by atoms with Crippen molar-refractivity contribution in [2.75, 3.05) is 0 Å². The Kier molecular flexibility index (Phi) is 11.6. The lowest BCUT2D eigenvalue weighted by molar-refractivity contribution is 0.0319. The van der Waals surface area contributed by atoms with E-state index < -0.39 is 0 Å². The lowest BCUT2D eigenvalue weighted by Gasteiger charge is -2.13. The maximum Gasteiger partial charge on any atom is 0.338 e. The van der Waals surface area contributed by atoms with E-state index in [1.54, 1.807) is 24.3 Å². The zero-order valence-corrected chi connectivity index (χ0v) is 16.1. The molecule has 0 fully saturated rings. The van der Waals surface area contributed by atoms with Crippen LogP contribution in [0, 0.1) is 0 Å². The second-order valence-electron chi connectivity index (χ2n) is 6.69. The van der Waals surface area contributed by atoms with Crippen LogP contribution in [0.1, 0.15) is 94.8 Å². The van der Waals surface area contributed by atoms with E-state index in [1.165, 1.54) is 57.8 Å². The van der Waals surface area contributed by atoms with Crippen LogP contribution in [0.2, 0.25) is 5.02 Å². The highest BCUT2D eigenvalue weighted by Gasteiger charge is 2.11. The first-order valence-corrected chi connectivity index (χ1v) is 9.97. The normalized spacial score (nSPS) is 12.1. The molecule has 0 saturated heterocycles.